The minimum absolute atomic E-state index is 0. The second-order valence-corrected chi connectivity index (χ2v) is 7.42. The van der Waals surface area contributed by atoms with E-state index in [9.17, 15) is 0 Å². The molecular weight excluding hydrogens is 507 g/mol. The van der Waals surface area contributed by atoms with Crippen molar-refractivity contribution in [3.05, 3.63) is 53.5 Å². The summed E-state index contributed by atoms with van der Waals surface area (Å²) in [5.74, 6) is 2.75. The monoisotopic (exact) mass is 542 g/mol. The summed E-state index contributed by atoms with van der Waals surface area (Å²) in [5, 5.41) is 6.89. The van der Waals surface area contributed by atoms with Crippen LogP contribution in [-0.4, -0.2) is 70.5 Å². The Morgan fingerprint density at radius 1 is 1.13 bits per heavy atom. The standard InChI is InChI=1S/C23H34N4O3.HI/c1-19-5-6-20(18-22(19)28-2)7-9-24-23(25-10-8-21-4-3-15-30-21)26-11-12-27-13-16-29-17-14-27;/h3-6,15,18H,7-14,16-17H2,1-2H3,(H2,24,25,26);1H. The third-order valence-electron chi connectivity index (χ3n) is 5.21. The summed E-state index contributed by atoms with van der Waals surface area (Å²) in [6.45, 7) is 8.94. The van der Waals surface area contributed by atoms with E-state index in [0.29, 0.717) is 0 Å². The molecule has 0 unspecified atom stereocenters. The third-order valence-corrected chi connectivity index (χ3v) is 5.21. The normalized spacial score (nSPS) is 14.7. The highest BCUT2D eigenvalue weighted by molar-refractivity contribution is 14.0. The Morgan fingerprint density at radius 2 is 1.90 bits per heavy atom. The van der Waals surface area contributed by atoms with Crippen molar-refractivity contribution >= 4 is 29.9 Å². The zero-order chi connectivity index (χ0) is 21.0. The van der Waals surface area contributed by atoms with Crippen molar-refractivity contribution in [1.29, 1.82) is 0 Å². The summed E-state index contributed by atoms with van der Waals surface area (Å²) < 4.78 is 16.3. The van der Waals surface area contributed by atoms with Gasteiger partial charge in [-0.05, 0) is 42.7 Å². The molecule has 0 radical (unpaired) electrons. The fraction of sp³-hybridized carbons (Fsp3) is 0.522. The SMILES string of the molecule is COc1cc(CCNC(=NCCN2CCOCC2)NCCc2ccco2)ccc1C.I. The highest BCUT2D eigenvalue weighted by Crippen LogP contribution is 2.19. The second kappa shape index (κ2) is 14.3. The highest BCUT2D eigenvalue weighted by atomic mass is 127. The number of hydrogen-bond acceptors (Lipinski definition) is 5. The van der Waals surface area contributed by atoms with Gasteiger partial charge in [0.1, 0.15) is 11.5 Å². The van der Waals surface area contributed by atoms with Crippen LogP contribution in [0, 0.1) is 6.92 Å². The van der Waals surface area contributed by atoms with Gasteiger partial charge in [-0.2, -0.15) is 0 Å². The zero-order valence-electron chi connectivity index (χ0n) is 18.6. The first kappa shape index (κ1) is 25.5. The number of furan rings is 1. The van der Waals surface area contributed by atoms with Crippen LogP contribution in [0.25, 0.3) is 0 Å². The van der Waals surface area contributed by atoms with Crippen LogP contribution < -0.4 is 15.4 Å². The van der Waals surface area contributed by atoms with E-state index in [1.165, 1.54) is 5.56 Å². The summed E-state index contributed by atoms with van der Waals surface area (Å²) in [4.78, 5) is 7.17. The Balaban J connectivity index is 0.00000341. The Labute approximate surface area is 202 Å². The summed E-state index contributed by atoms with van der Waals surface area (Å²) in [6.07, 6.45) is 3.44. The molecule has 31 heavy (non-hydrogen) atoms. The van der Waals surface area contributed by atoms with E-state index in [0.717, 1.165) is 88.4 Å². The van der Waals surface area contributed by atoms with E-state index in [4.69, 9.17) is 18.9 Å². The lowest BCUT2D eigenvalue weighted by molar-refractivity contribution is 0.0394. The Bertz CT molecular complexity index is 777. The van der Waals surface area contributed by atoms with Gasteiger partial charge in [-0.1, -0.05) is 12.1 Å². The molecule has 172 valence electrons. The Hall–Kier alpha value is -1.78. The van der Waals surface area contributed by atoms with Gasteiger partial charge in [-0.25, -0.2) is 0 Å². The number of benzene rings is 1. The number of nitrogens with one attached hydrogen (secondary N) is 2. The molecule has 7 nitrogen and oxygen atoms in total. The highest BCUT2D eigenvalue weighted by Gasteiger charge is 2.09. The number of ether oxygens (including phenoxy) is 2. The van der Waals surface area contributed by atoms with Gasteiger partial charge in [-0.15, -0.1) is 24.0 Å². The van der Waals surface area contributed by atoms with Crippen LogP contribution in [0.5, 0.6) is 5.75 Å². The van der Waals surface area contributed by atoms with Crippen LogP contribution in [0.2, 0.25) is 0 Å². The Kier molecular flexibility index (Phi) is 11.8. The molecule has 0 saturated carbocycles. The number of nitrogens with zero attached hydrogens (tertiary/aromatic N) is 2. The number of morpholine rings is 1. The number of hydrogen-bond donors (Lipinski definition) is 2. The van der Waals surface area contributed by atoms with Crippen molar-refractivity contribution in [3.8, 4) is 5.75 Å². The van der Waals surface area contributed by atoms with Crippen molar-refractivity contribution in [2.24, 2.45) is 4.99 Å². The van der Waals surface area contributed by atoms with Gasteiger partial charge in [0.25, 0.3) is 0 Å². The minimum atomic E-state index is 0. The topological polar surface area (TPSA) is 71.3 Å². The van der Waals surface area contributed by atoms with Crippen molar-refractivity contribution in [3.63, 3.8) is 0 Å². The summed E-state index contributed by atoms with van der Waals surface area (Å²) in [5.41, 5.74) is 2.40. The molecule has 1 aliphatic heterocycles. The van der Waals surface area contributed by atoms with E-state index in [1.807, 2.05) is 12.1 Å². The van der Waals surface area contributed by atoms with Crippen LogP contribution >= 0.6 is 24.0 Å². The molecule has 0 spiro atoms. The zero-order valence-corrected chi connectivity index (χ0v) is 20.9. The lowest BCUT2D eigenvalue weighted by atomic mass is 10.1. The predicted molar refractivity (Wildman–Crippen MR) is 135 cm³/mol. The smallest absolute Gasteiger partial charge is 0.191 e. The van der Waals surface area contributed by atoms with Gasteiger partial charge in [0.2, 0.25) is 0 Å². The molecule has 2 heterocycles. The number of rotatable bonds is 10. The minimum Gasteiger partial charge on any atom is -0.496 e. The number of guanidine groups is 1. The number of aryl methyl sites for hydroxylation is 1. The quantitative estimate of drug-likeness (QED) is 0.274. The van der Waals surface area contributed by atoms with Crippen molar-refractivity contribution in [1.82, 2.24) is 15.5 Å². The van der Waals surface area contributed by atoms with Gasteiger partial charge >= 0.3 is 0 Å². The fourth-order valence-electron chi connectivity index (χ4n) is 3.41. The molecule has 2 N–H and O–H groups in total. The maximum atomic E-state index is 5.43. The maximum absolute atomic E-state index is 5.43. The van der Waals surface area contributed by atoms with E-state index in [2.05, 4.69) is 40.7 Å². The molecule has 1 fully saturated rings. The molecule has 1 aromatic heterocycles. The predicted octanol–water partition coefficient (Wildman–Crippen LogP) is 2.87. The average Bonchev–Trinajstić information content (AvgIpc) is 3.29. The molecule has 1 saturated heterocycles. The van der Waals surface area contributed by atoms with Crippen molar-refractivity contribution in [2.45, 2.75) is 19.8 Å². The number of aliphatic imine (C=N–C) groups is 1. The summed E-state index contributed by atoms with van der Waals surface area (Å²) in [6, 6.07) is 10.3. The molecule has 2 aromatic rings. The van der Waals surface area contributed by atoms with Gasteiger partial charge in [0, 0.05) is 39.1 Å². The third kappa shape index (κ3) is 9.08. The first-order valence-electron chi connectivity index (χ1n) is 10.7. The second-order valence-electron chi connectivity index (χ2n) is 7.42. The van der Waals surface area contributed by atoms with Gasteiger partial charge in [0.05, 0.1) is 33.1 Å². The van der Waals surface area contributed by atoms with E-state index in [1.54, 1.807) is 13.4 Å². The van der Waals surface area contributed by atoms with Crippen molar-refractivity contribution < 1.29 is 13.9 Å². The summed E-state index contributed by atoms with van der Waals surface area (Å²) in [7, 11) is 1.71. The van der Waals surface area contributed by atoms with E-state index < -0.39 is 0 Å². The first-order chi connectivity index (χ1) is 14.7. The lowest BCUT2D eigenvalue weighted by Crippen LogP contribution is -2.41. The molecule has 8 heteroatoms. The van der Waals surface area contributed by atoms with E-state index >= 15 is 0 Å². The molecule has 3 rings (SSSR count). The Morgan fingerprint density at radius 3 is 2.61 bits per heavy atom. The van der Waals surface area contributed by atoms with Crippen LogP contribution in [-0.2, 0) is 17.6 Å². The molecule has 1 aromatic carbocycles. The molecular formula is C23H35IN4O3. The maximum Gasteiger partial charge on any atom is 0.191 e. The van der Waals surface area contributed by atoms with Crippen LogP contribution in [0.1, 0.15) is 16.9 Å². The average molecular weight is 542 g/mol. The number of methoxy groups -OCH3 is 1. The fourth-order valence-corrected chi connectivity index (χ4v) is 3.41. The molecule has 1 aliphatic rings. The molecule has 0 aliphatic carbocycles. The molecule has 0 bridgehead atoms. The first-order valence-corrected chi connectivity index (χ1v) is 10.7. The van der Waals surface area contributed by atoms with Crippen LogP contribution in [0.3, 0.4) is 0 Å². The van der Waals surface area contributed by atoms with E-state index in [-0.39, 0.29) is 24.0 Å². The largest absolute Gasteiger partial charge is 0.496 e. The van der Waals surface area contributed by atoms with Gasteiger partial charge < -0.3 is 24.5 Å². The van der Waals surface area contributed by atoms with Gasteiger partial charge in [-0.3, -0.25) is 9.89 Å². The molecule has 0 atom stereocenters. The van der Waals surface area contributed by atoms with Crippen LogP contribution in [0.4, 0.5) is 0 Å². The summed E-state index contributed by atoms with van der Waals surface area (Å²) >= 11 is 0. The van der Waals surface area contributed by atoms with Crippen molar-refractivity contribution in [2.75, 3.05) is 59.6 Å². The lowest BCUT2D eigenvalue weighted by Gasteiger charge is -2.25. The molecule has 0 amide bonds. The van der Waals surface area contributed by atoms with Crippen LogP contribution in [0.15, 0.2) is 46.0 Å². The van der Waals surface area contributed by atoms with Gasteiger partial charge in [0.15, 0.2) is 5.96 Å². The number of halogens is 1.